The number of carbonyl (C=O) groups is 10. The van der Waals surface area contributed by atoms with Crippen molar-refractivity contribution in [3.63, 3.8) is 0 Å². The van der Waals surface area contributed by atoms with E-state index in [0.717, 1.165) is 9.80 Å². The summed E-state index contributed by atoms with van der Waals surface area (Å²) >= 11 is 6.02. The molecule has 10 amide bonds. The van der Waals surface area contributed by atoms with E-state index in [9.17, 15) is 38.7 Å². The molecule has 22 nitrogen and oxygen atoms in total. The molecule has 87 heavy (non-hydrogen) atoms. The summed E-state index contributed by atoms with van der Waals surface area (Å²) in [7, 11) is 10.4. The van der Waals surface area contributed by atoms with Gasteiger partial charge in [0.25, 0.3) is 0 Å². The average Bonchev–Trinajstić information content (AvgIpc) is 1.57. The van der Waals surface area contributed by atoms with E-state index in [1.54, 1.807) is 59.7 Å². The smallest absolute Gasteiger partial charge is 0.246 e. The van der Waals surface area contributed by atoms with Crippen LogP contribution < -0.4 is 21.3 Å². The lowest BCUT2D eigenvalue weighted by Gasteiger charge is -2.42. The number of hydrogen-bond donors (Lipinski definition) is 5. The van der Waals surface area contributed by atoms with Gasteiger partial charge in [0.15, 0.2) is 0 Å². The first-order chi connectivity index (χ1) is 40.4. The van der Waals surface area contributed by atoms with Crippen molar-refractivity contribution in [3.8, 4) is 0 Å². The maximum absolute atomic E-state index is 15.2. The summed E-state index contributed by atoms with van der Waals surface area (Å²) in [6, 6.07) is -11.3. The molecule has 23 heteroatoms. The van der Waals surface area contributed by atoms with Gasteiger partial charge in [-0.25, -0.2) is 0 Å². The van der Waals surface area contributed by atoms with Gasteiger partial charge in [-0.2, -0.15) is 0 Å². The topological polar surface area (TPSA) is 262 Å². The summed E-state index contributed by atoms with van der Waals surface area (Å²) in [5, 5.41) is 23.7. The lowest BCUT2D eigenvalue weighted by atomic mass is 9.91. The highest BCUT2D eigenvalue weighted by Gasteiger charge is 2.45. The largest absolute Gasteiger partial charge is 0.390 e. The highest BCUT2D eigenvalue weighted by molar-refractivity contribution is 7.80. The molecular weight excluding hydrogens is 1130 g/mol. The predicted octanol–water partition coefficient (Wildman–Crippen LogP) is 4.99. The molecule has 0 spiro atoms. The number of thiocarbonyl (C=S) groups is 1. The Morgan fingerprint density at radius 2 is 0.897 bits per heavy atom. The zero-order chi connectivity index (χ0) is 67.2. The van der Waals surface area contributed by atoms with Crippen LogP contribution >= 0.6 is 12.2 Å². The summed E-state index contributed by atoms with van der Waals surface area (Å²) in [6.07, 6.45) is 4.66. The molecule has 1 heterocycles. The zero-order valence-electron chi connectivity index (χ0n) is 57.3. The Morgan fingerprint density at radius 3 is 1.34 bits per heavy atom. The molecular formula is C64H115N11O11S. The molecule has 0 aliphatic carbocycles. The van der Waals surface area contributed by atoms with Gasteiger partial charge in [0.1, 0.15) is 59.4 Å². The fraction of sp³-hybridized carbons (Fsp3) is 0.797. The van der Waals surface area contributed by atoms with Crippen LogP contribution in [0.25, 0.3) is 0 Å². The van der Waals surface area contributed by atoms with Gasteiger partial charge in [-0.15, -0.1) is 0 Å². The van der Waals surface area contributed by atoms with Crippen LogP contribution in [0.4, 0.5) is 0 Å². The Hall–Kier alpha value is -5.71. The summed E-state index contributed by atoms with van der Waals surface area (Å²) in [5.74, 6) is -7.66. The lowest BCUT2D eigenvalue weighted by molar-refractivity contribution is -0.156. The van der Waals surface area contributed by atoms with E-state index in [4.69, 9.17) is 12.2 Å². The molecule has 1 fully saturated rings. The first-order valence-electron chi connectivity index (χ1n) is 31.7. The van der Waals surface area contributed by atoms with E-state index < -0.39 is 144 Å². The third kappa shape index (κ3) is 23.0. The number of hydrogen-bond acceptors (Lipinski definition) is 12. The average molecular weight is 1250 g/mol. The number of carbonyl (C=O) groups excluding carboxylic acids is 10. The molecule has 498 valence electrons. The molecule has 0 saturated carbocycles. The van der Waals surface area contributed by atoms with E-state index in [-0.39, 0.29) is 67.2 Å². The van der Waals surface area contributed by atoms with E-state index in [1.165, 1.54) is 54.8 Å². The Labute approximate surface area is 527 Å². The summed E-state index contributed by atoms with van der Waals surface area (Å²) in [6.45, 7) is 28.9. The molecule has 1 saturated heterocycles. The molecule has 0 radical (unpaired) electrons. The molecule has 0 bridgehead atoms. The Balaban J connectivity index is 4.38. The van der Waals surface area contributed by atoms with E-state index in [2.05, 4.69) is 21.3 Å². The molecule has 0 aromatic rings. The van der Waals surface area contributed by atoms with Gasteiger partial charge in [-0.3, -0.25) is 47.9 Å². The molecule has 2 unspecified atom stereocenters. The predicted molar refractivity (Wildman–Crippen MR) is 345 cm³/mol. The molecule has 0 aromatic carbocycles. The second-order valence-electron chi connectivity index (χ2n) is 26.3. The highest BCUT2D eigenvalue weighted by atomic mass is 32.1. The van der Waals surface area contributed by atoms with Gasteiger partial charge in [0, 0.05) is 49.3 Å². The van der Waals surface area contributed by atoms with Crippen LogP contribution in [-0.4, -0.2) is 226 Å². The number of amides is 10. The van der Waals surface area contributed by atoms with Crippen LogP contribution in [0.3, 0.4) is 0 Å². The Morgan fingerprint density at radius 1 is 0.494 bits per heavy atom. The van der Waals surface area contributed by atoms with Crippen molar-refractivity contribution >= 4 is 76.3 Å². The van der Waals surface area contributed by atoms with Crippen LogP contribution in [0, 0.1) is 35.5 Å². The van der Waals surface area contributed by atoms with Crippen molar-refractivity contribution < 1.29 is 53.1 Å². The molecule has 1 rings (SSSR count). The van der Waals surface area contributed by atoms with Gasteiger partial charge in [-0.05, 0) is 101 Å². The Bertz CT molecular complexity index is 2350. The van der Waals surface area contributed by atoms with Crippen LogP contribution in [0.15, 0.2) is 12.2 Å². The van der Waals surface area contributed by atoms with Crippen LogP contribution in [-0.2, 0) is 47.9 Å². The zero-order valence-corrected chi connectivity index (χ0v) is 58.1. The van der Waals surface area contributed by atoms with Crippen LogP contribution in [0.5, 0.6) is 0 Å². The number of aliphatic hydroxyl groups excluding tert-OH is 1. The first-order valence-corrected chi connectivity index (χ1v) is 32.1. The van der Waals surface area contributed by atoms with Gasteiger partial charge >= 0.3 is 0 Å². The van der Waals surface area contributed by atoms with E-state index in [0.29, 0.717) is 25.7 Å². The number of nitrogens with one attached hydrogen (secondary N) is 4. The second kappa shape index (κ2) is 37.3. The van der Waals surface area contributed by atoms with Crippen molar-refractivity contribution in [3.05, 3.63) is 12.2 Å². The lowest BCUT2D eigenvalue weighted by Crippen LogP contribution is -2.63. The van der Waals surface area contributed by atoms with Crippen molar-refractivity contribution in [2.75, 3.05) is 55.9 Å². The van der Waals surface area contributed by atoms with Crippen molar-refractivity contribution in [2.24, 2.45) is 35.5 Å². The molecule has 0 aromatic heterocycles. The fourth-order valence-electron chi connectivity index (χ4n) is 11.2. The minimum Gasteiger partial charge on any atom is -0.390 e. The van der Waals surface area contributed by atoms with Crippen molar-refractivity contribution in [2.45, 2.75) is 242 Å². The molecule has 5 N–H and O–H groups in total. The minimum atomic E-state index is -1.59. The van der Waals surface area contributed by atoms with Gasteiger partial charge in [0.05, 0.1) is 18.7 Å². The third-order valence-corrected chi connectivity index (χ3v) is 17.1. The first kappa shape index (κ1) is 79.3. The molecule has 1 aliphatic rings. The van der Waals surface area contributed by atoms with E-state index >= 15 is 14.4 Å². The van der Waals surface area contributed by atoms with Crippen LogP contribution in [0.1, 0.15) is 175 Å². The van der Waals surface area contributed by atoms with Gasteiger partial charge < -0.3 is 60.7 Å². The molecule has 12 atom stereocenters. The fourth-order valence-corrected chi connectivity index (χ4v) is 11.4. The third-order valence-electron chi connectivity index (χ3n) is 16.5. The normalized spacial score (nSPS) is 26.5. The summed E-state index contributed by atoms with van der Waals surface area (Å²) < 4.78 is 0. The Kier molecular flexibility index (Phi) is 34.0. The van der Waals surface area contributed by atoms with Crippen LogP contribution in [0.2, 0.25) is 0 Å². The standard InChI is InChI=1S/C64H115N11O11S/c1-24-28-31-42(15)54(77)53-58(81)68-45(29-25-2)59(82)69(17)36-51(76)70(18)47(32-37(5)6)56(79)67-46(30-26-3)60(83)71(19)48(33-38(7)8)57(80)66-44(27-4)55(78)65-43(16)64(87)73(21)50(35-40(11)12)61(84)72(20)49(34-39(9)10)62(85)74(22)52(41(13)14)63(86)75(53)23/h24,28,37-50,52-54,77H,25-27,29-36H2,1-23H3,(H,65,78)(H,66,80)(H,67,79)(H,68,81)/b28-24+/t42?,43-,44+,45+,46+,47+,48+,49+,50+,52+,53-,54?/m1/s1. The van der Waals surface area contributed by atoms with E-state index in [1.807, 2.05) is 82.2 Å². The van der Waals surface area contributed by atoms with Gasteiger partial charge in [0.2, 0.25) is 59.1 Å². The minimum absolute atomic E-state index is 0.0497. The summed E-state index contributed by atoms with van der Waals surface area (Å²) in [5.41, 5.74) is 0. The second-order valence-corrected chi connectivity index (χ2v) is 26.8. The van der Waals surface area contributed by atoms with Crippen molar-refractivity contribution in [1.29, 1.82) is 0 Å². The molecule has 1 aliphatic heterocycles. The maximum atomic E-state index is 15.2. The number of aliphatic hydroxyl groups is 1. The number of likely N-dealkylation sites (N-methyl/N-ethyl adjacent to an activating group) is 7. The number of nitrogens with zero attached hydrogens (tertiary/aromatic N) is 7. The monoisotopic (exact) mass is 1250 g/mol. The highest BCUT2D eigenvalue weighted by Crippen LogP contribution is 2.26. The van der Waals surface area contributed by atoms with Gasteiger partial charge in [-0.1, -0.05) is 134 Å². The maximum Gasteiger partial charge on any atom is 0.246 e. The van der Waals surface area contributed by atoms with Crippen molar-refractivity contribution in [1.82, 2.24) is 55.6 Å². The quantitative estimate of drug-likeness (QED) is 0.0896. The number of rotatable bonds is 18. The SMILES string of the molecule is C/C=C/CC(C)C(O)[C@@H]1C(=O)N[C@@H](CCC)C(=O)N(C)CC(=O)N(C)[C@@H](CC(C)C)C(=O)N[C@@H](CCC)C(=O)N(C)[C@@H](CC(C)C)C(=O)N[C@@H](CC)C(=O)N[C@H](C)C(=S)N(C)[C@@H](CC(C)C)C(=O)N(C)[C@@H](CC(C)C)C(=O)N(C)[C@@H](C(C)C)C(=O)N1C. The number of allylic oxidation sites excluding steroid dienone is 2. The summed E-state index contributed by atoms with van der Waals surface area (Å²) in [4.78, 5) is 156.